The summed E-state index contributed by atoms with van der Waals surface area (Å²) < 4.78 is 45.9. The lowest BCUT2D eigenvalue weighted by Gasteiger charge is -2.42. The number of anilines is 1. The molecule has 3 aromatic rings. The van der Waals surface area contributed by atoms with E-state index in [9.17, 15) is 23.1 Å². The van der Waals surface area contributed by atoms with E-state index in [1.165, 1.54) is 5.56 Å². The minimum absolute atomic E-state index is 0.0616. The molecular weight excluding hydrogens is 511 g/mol. The number of pyridine rings is 1. The van der Waals surface area contributed by atoms with Gasteiger partial charge in [0.1, 0.15) is 18.4 Å². The lowest BCUT2D eigenvalue weighted by molar-refractivity contribution is -0.151. The van der Waals surface area contributed by atoms with Crippen LogP contribution < -0.4 is 5.32 Å². The number of rotatable bonds is 11. The maximum Gasteiger partial charge on any atom is 0.408 e. The van der Waals surface area contributed by atoms with Crippen LogP contribution in [0.25, 0.3) is 10.9 Å². The van der Waals surface area contributed by atoms with E-state index >= 15 is 0 Å². The van der Waals surface area contributed by atoms with Crippen LogP contribution in [0.15, 0.2) is 30.3 Å². The molecular formula is C28H34F3N5O3. The Kier molecular flexibility index (Phi) is 8.08. The minimum Gasteiger partial charge on any atom is -0.480 e. The number of unbranched alkanes of at least 4 members (excludes halogenated alkanes) is 2. The Bertz CT molecular complexity index is 1320. The van der Waals surface area contributed by atoms with Crippen LogP contribution in [0.2, 0.25) is 0 Å². The maximum absolute atomic E-state index is 13.0. The number of hydrogen-bond donors (Lipinski definition) is 2. The third kappa shape index (κ3) is 6.36. The van der Waals surface area contributed by atoms with Gasteiger partial charge in [-0.15, -0.1) is 0 Å². The van der Waals surface area contributed by atoms with Crippen LogP contribution in [0, 0.1) is 6.92 Å². The van der Waals surface area contributed by atoms with Gasteiger partial charge >= 0.3 is 12.1 Å². The number of carbonyl (C=O) groups is 1. The molecule has 1 unspecified atom stereocenters. The summed E-state index contributed by atoms with van der Waals surface area (Å²) >= 11 is 0. The second-order valence-corrected chi connectivity index (χ2v) is 10.4. The van der Waals surface area contributed by atoms with Crippen LogP contribution in [0.1, 0.15) is 54.2 Å². The summed E-state index contributed by atoms with van der Waals surface area (Å²) in [5.74, 6) is -0.0206. The summed E-state index contributed by atoms with van der Waals surface area (Å²) in [4.78, 5) is 18.8. The Morgan fingerprint density at radius 3 is 2.79 bits per heavy atom. The van der Waals surface area contributed by atoms with E-state index in [4.69, 9.17) is 9.72 Å². The Hall–Kier alpha value is -3.18. The number of fused-ring (bicyclic) bond motifs is 2. The normalized spacial score (nSPS) is 17.0. The number of nitrogens with zero attached hydrogens (tertiary/aromatic N) is 4. The summed E-state index contributed by atoms with van der Waals surface area (Å²) in [5.41, 5.74) is 3.51. The molecule has 210 valence electrons. The van der Waals surface area contributed by atoms with Crippen LogP contribution in [0.3, 0.4) is 0 Å². The van der Waals surface area contributed by atoms with E-state index in [2.05, 4.69) is 22.5 Å². The Morgan fingerprint density at radius 2 is 2.03 bits per heavy atom. The average molecular weight is 546 g/mol. The first-order chi connectivity index (χ1) is 18.7. The van der Waals surface area contributed by atoms with Crippen molar-refractivity contribution in [3.8, 4) is 0 Å². The fourth-order valence-electron chi connectivity index (χ4n) is 5.58. The number of likely N-dealkylation sites (tertiary alicyclic amines) is 1. The highest BCUT2D eigenvalue weighted by atomic mass is 19.4. The van der Waals surface area contributed by atoms with E-state index in [0.29, 0.717) is 36.3 Å². The predicted octanol–water partition coefficient (Wildman–Crippen LogP) is 4.90. The molecule has 2 aliphatic rings. The van der Waals surface area contributed by atoms with Crippen molar-refractivity contribution in [3.05, 3.63) is 52.8 Å². The van der Waals surface area contributed by atoms with Gasteiger partial charge in [0.15, 0.2) is 0 Å². The number of carboxylic acid groups (broad SMARTS) is 1. The highest BCUT2D eigenvalue weighted by molar-refractivity contribution is 5.90. The van der Waals surface area contributed by atoms with E-state index in [1.54, 1.807) is 30.0 Å². The zero-order valence-electron chi connectivity index (χ0n) is 22.0. The molecule has 0 saturated carbocycles. The Morgan fingerprint density at radius 1 is 1.21 bits per heavy atom. The number of aryl methyl sites for hydroxylation is 3. The quantitative estimate of drug-likeness (QED) is 0.331. The highest BCUT2D eigenvalue weighted by Crippen LogP contribution is 2.34. The van der Waals surface area contributed by atoms with Crippen molar-refractivity contribution in [2.75, 3.05) is 31.6 Å². The highest BCUT2D eigenvalue weighted by Gasteiger charge is 2.39. The van der Waals surface area contributed by atoms with Crippen LogP contribution in [-0.4, -0.2) is 69.3 Å². The standard InChI is InChI=1S/C28H34F3N5O3/c1-18-24-22(9-5-10-23(24)36(34-18)17-28(29,30)31)25(27(37)38)35-15-21(16-35)39-14-4-2-3-8-20-12-11-19-7-6-13-32-26(19)33-20/h5,9-12,21,25H,2-4,6-8,13-17H2,1H3,(H,32,33)(H,37,38). The molecule has 0 spiro atoms. The molecule has 2 aliphatic heterocycles. The van der Waals surface area contributed by atoms with Crippen molar-refractivity contribution in [1.29, 1.82) is 0 Å². The summed E-state index contributed by atoms with van der Waals surface area (Å²) in [6.45, 7) is 2.88. The molecule has 0 bridgehead atoms. The van der Waals surface area contributed by atoms with Crippen molar-refractivity contribution < 1.29 is 27.8 Å². The molecule has 0 aliphatic carbocycles. The van der Waals surface area contributed by atoms with Crippen LogP contribution in [0.5, 0.6) is 0 Å². The van der Waals surface area contributed by atoms with Gasteiger partial charge in [-0.05, 0) is 62.3 Å². The van der Waals surface area contributed by atoms with Gasteiger partial charge in [0.25, 0.3) is 0 Å². The predicted molar refractivity (Wildman–Crippen MR) is 141 cm³/mol. The molecule has 0 amide bonds. The molecule has 2 aromatic heterocycles. The van der Waals surface area contributed by atoms with Crippen molar-refractivity contribution in [2.24, 2.45) is 0 Å². The molecule has 1 saturated heterocycles. The number of aromatic nitrogens is 3. The zero-order valence-corrected chi connectivity index (χ0v) is 22.0. The first kappa shape index (κ1) is 27.4. The molecule has 1 atom stereocenters. The number of nitrogens with one attached hydrogen (secondary N) is 1. The van der Waals surface area contributed by atoms with Crippen molar-refractivity contribution in [2.45, 2.75) is 70.3 Å². The molecule has 1 fully saturated rings. The molecule has 39 heavy (non-hydrogen) atoms. The molecule has 2 N–H and O–H groups in total. The van der Waals surface area contributed by atoms with Crippen LogP contribution >= 0.6 is 0 Å². The van der Waals surface area contributed by atoms with Gasteiger partial charge in [-0.1, -0.05) is 24.6 Å². The van der Waals surface area contributed by atoms with Crippen LogP contribution in [0.4, 0.5) is 19.0 Å². The topological polar surface area (TPSA) is 92.5 Å². The van der Waals surface area contributed by atoms with Crippen molar-refractivity contribution in [3.63, 3.8) is 0 Å². The SMILES string of the molecule is Cc1nn(CC(F)(F)F)c2cccc(C(C(=O)O)N3CC(OCCCCCc4ccc5c(n4)NCCC5)C3)c12. The van der Waals surface area contributed by atoms with Gasteiger partial charge in [-0.2, -0.15) is 18.3 Å². The monoisotopic (exact) mass is 545 g/mol. The minimum atomic E-state index is -4.43. The first-order valence-corrected chi connectivity index (χ1v) is 13.5. The maximum atomic E-state index is 13.0. The number of benzene rings is 1. The van der Waals surface area contributed by atoms with Gasteiger partial charge in [0.2, 0.25) is 0 Å². The average Bonchev–Trinajstić information content (AvgIpc) is 3.17. The second kappa shape index (κ2) is 11.5. The number of ether oxygens (including phenoxy) is 1. The summed E-state index contributed by atoms with van der Waals surface area (Å²) in [5, 5.41) is 17.9. The van der Waals surface area contributed by atoms with Gasteiger partial charge in [-0.3, -0.25) is 14.4 Å². The lowest BCUT2D eigenvalue weighted by atomic mass is 9.96. The Balaban J connectivity index is 1.10. The summed E-state index contributed by atoms with van der Waals surface area (Å²) in [6.07, 6.45) is 1.63. The van der Waals surface area contributed by atoms with Gasteiger partial charge in [-0.25, -0.2) is 4.98 Å². The fourth-order valence-corrected chi connectivity index (χ4v) is 5.58. The smallest absolute Gasteiger partial charge is 0.408 e. The van der Waals surface area contributed by atoms with Gasteiger partial charge in [0.05, 0.1) is 17.3 Å². The van der Waals surface area contributed by atoms with Crippen molar-refractivity contribution in [1.82, 2.24) is 19.7 Å². The number of hydrogen-bond acceptors (Lipinski definition) is 6. The summed E-state index contributed by atoms with van der Waals surface area (Å²) in [7, 11) is 0. The van der Waals surface area contributed by atoms with Crippen LogP contribution in [-0.2, 0) is 28.9 Å². The summed E-state index contributed by atoms with van der Waals surface area (Å²) in [6, 6.07) is 8.11. The Labute approximate surface area is 225 Å². The molecule has 11 heteroatoms. The van der Waals surface area contributed by atoms with E-state index in [0.717, 1.165) is 61.3 Å². The van der Waals surface area contributed by atoms with Crippen molar-refractivity contribution >= 4 is 22.7 Å². The van der Waals surface area contributed by atoms with E-state index < -0.39 is 24.7 Å². The molecule has 8 nitrogen and oxygen atoms in total. The second-order valence-electron chi connectivity index (χ2n) is 10.4. The fraction of sp³-hybridized carbons (Fsp3) is 0.536. The lowest BCUT2D eigenvalue weighted by Crippen LogP contribution is -2.55. The number of aliphatic carboxylic acids is 1. The first-order valence-electron chi connectivity index (χ1n) is 13.5. The van der Waals surface area contributed by atoms with E-state index in [1.807, 2.05) is 0 Å². The van der Waals surface area contributed by atoms with Gasteiger partial charge in [0, 0.05) is 37.3 Å². The number of alkyl halides is 3. The molecule has 4 heterocycles. The van der Waals surface area contributed by atoms with E-state index in [-0.39, 0.29) is 11.6 Å². The van der Waals surface area contributed by atoms with Gasteiger partial charge < -0.3 is 15.2 Å². The molecule has 5 rings (SSSR count). The largest absolute Gasteiger partial charge is 0.480 e. The molecule has 1 aromatic carbocycles. The third-order valence-electron chi connectivity index (χ3n) is 7.47. The number of carboxylic acids is 1. The zero-order chi connectivity index (χ0) is 27.6. The molecule has 0 radical (unpaired) electrons. The number of halogens is 3. The third-order valence-corrected chi connectivity index (χ3v) is 7.47.